The van der Waals surface area contributed by atoms with Crippen LogP contribution in [-0.4, -0.2) is 22.2 Å². The van der Waals surface area contributed by atoms with Crippen LogP contribution >= 0.6 is 0 Å². The van der Waals surface area contributed by atoms with Crippen molar-refractivity contribution in [1.82, 2.24) is 4.57 Å². The van der Waals surface area contributed by atoms with Gasteiger partial charge in [0.25, 0.3) is 0 Å². The summed E-state index contributed by atoms with van der Waals surface area (Å²) in [5.74, 6) is -3.01. The van der Waals surface area contributed by atoms with Crippen molar-refractivity contribution in [2.75, 3.05) is 6.61 Å². The summed E-state index contributed by atoms with van der Waals surface area (Å²) in [4.78, 5) is 11.6. The second-order valence-corrected chi connectivity index (χ2v) is 7.52. The number of nitrogens with zero attached hydrogens (tertiary/aromatic N) is 1. The van der Waals surface area contributed by atoms with Gasteiger partial charge in [0.05, 0.1) is 12.5 Å². The summed E-state index contributed by atoms with van der Waals surface area (Å²) in [6, 6.07) is 11.8. The fourth-order valence-electron chi connectivity index (χ4n) is 3.84. The molecule has 0 radical (unpaired) electrons. The van der Waals surface area contributed by atoms with Crippen LogP contribution in [0.2, 0.25) is 0 Å². The molecule has 0 spiro atoms. The van der Waals surface area contributed by atoms with Gasteiger partial charge in [-0.05, 0) is 48.4 Å². The molecule has 0 aliphatic rings. The van der Waals surface area contributed by atoms with Crippen molar-refractivity contribution in [3.05, 3.63) is 100 Å². The number of aromatic carboxylic acids is 1. The van der Waals surface area contributed by atoms with Crippen molar-refractivity contribution < 1.29 is 62.5 Å². The van der Waals surface area contributed by atoms with Gasteiger partial charge in [-0.25, -0.2) is 13.2 Å². The summed E-state index contributed by atoms with van der Waals surface area (Å²) < 4.78 is 48.6. The molecular formula is C25H19F3NNaO4. The number of carbonyl (C=O) groups excluding carboxylic acids is 1. The molecule has 1 heterocycles. The van der Waals surface area contributed by atoms with Crippen molar-refractivity contribution in [3.8, 4) is 5.75 Å². The average molecular weight is 477 g/mol. The van der Waals surface area contributed by atoms with Crippen molar-refractivity contribution in [3.63, 3.8) is 0 Å². The van der Waals surface area contributed by atoms with Crippen LogP contribution in [0.15, 0.2) is 60.8 Å². The number of carbonyl (C=O) groups is 1. The maximum atomic E-state index is 14.0. The summed E-state index contributed by atoms with van der Waals surface area (Å²) in [6.07, 6.45) is 1.92. The molecule has 0 aliphatic carbocycles. The third-order valence-corrected chi connectivity index (χ3v) is 5.35. The Balaban J connectivity index is 0.00000324. The molecule has 9 heteroatoms. The predicted molar refractivity (Wildman–Crippen MR) is 113 cm³/mol. The summed E-state index contributed by atoms with van der Waals surface area (Å²) in [5.41, 5.74) is 1.75. The Morgan fingerprint density at radius 1 is 0.971 bits per heavy atom. The van der Waals surface area contributed by atoms with E-state index < -0.39 is 23.4 Å². The van der Waals surface area contributed by atoms with E-state index in [9.17, 15) is 28.2 Å². The fourth-order valence-corrected chi connectivity index (χ4v) is 3.84. The first-order valence-electron chi connectivity index (χ1n) is 10.2. The topological polar surface area (TPSA) is 74.5 Å². The van der Waals surface area contributed by atoms with Crippen molar-refractivity contribution >= 4 is 16.9 Å². The quantitative estimate of drug-likeness (QED) is 0.377. The molecule has 34 heavy (non-hydrogen) atoms. The van der Waals surface area contributed by atoms with Gasteiger partial charge in [-0.2, -0.15) is 0 Å². The molecule has 0 saturated carbocycles. The minimum atomic E-state index is -1.34. The van der Waals surface area contributed by atoms with E-state index in [1.807, 2.05) is 0 Å². The average Bonchev–Trinajstić information content (AvgIpc) is 3.12. The second-order valence-electron chi connectivity index (χ2n) is 7.52. The molecule has 0 bridgehead atoms. The Labute approximate surface area is 215 Å². The van der Waals surface area contributed by atoms with Gasteiger partial charge < -0.3 is 24.3 Å². The zero-order valence-electron chi connectivity index (χ0n) is 18.4. The van der Waals surface area contributed by atoms with Crippen LogP contribution in [0.1, 0.15) is 27.0 Å². The summed E-state index contributed by atoms with van der Waals surface area (Å²) in [5, 5.41) is 21.5. The molecular weight excluding hydrogens is 458 g/mol. The van der Waals surface area contributed by atoms with Crippen LogP contribution in [-0.2, 0) is 19.6 Å². The van der Waals surface area contributed by atoms with Crippen LogP contribution in [0.3, 0.4) is 0 Å². The minimum Gasteiger partial charge on any atom is -0.545 e. The smallest absolute Gasteiger partial charge is 0.545 e. The Morgan fingerprint density at radius 2 is 1.71 bits per heavy atom. The number of aliphatic hydroxyl groups is 1. The molecule has 0 amide bonds. The Morgan fingerprint density at radius 3 is 2.41 bits per heavy atom. The zero-order chi connectivity index (χ0) is 23.5. The van der Waals surface area contributed by atoms with Gasteiger partial charge in [0, 0.05) is 46.5 Å². The number of fused-ring (bicyclic) bond motifs is 1. The summed E-state index contributed by atoms with van der Waals surface area (Å²) in [6.45, 7) is -0.253. The fraction of sp³-hybridized carbons (Fsp3) is 0.160. The van der Waals surface area contributed by atoms with Gasteiger partial charge in [0.1, 0.15) is 29.8 Å². The molecule has 4 aromatic rings. The van der Waals surface area contributed by atoms with Gasteiger partial charge in [0.2, 0.25) is 0 Å². The number of aromatic nitrogens is 1. The van der Waals surface area contributed by atoms with Gasteiger partial charge in [-0.3, -0.25) is 0 Å². The van der Waals surface area contributed by atoms with Crippen molar-refractivity contribution in [2.45, 2.75) is 19.6 Å². The van der Waals surface area contributed by atoms with Gasteiger partial charge in [-0.1, -0.05) is 12.1 Å². The number of rotatable bonds is 8. The largest absolute Gasteiger partial charge is 1.00 e. The molecule has 1 N–H and O–H groups in total. The maximum absolute atomic E-state index is 14.0. The molecule has 0 atom stereocenters. The molecule has 0 aliphatic heterocycles. The van der Waals surface area contributed by atoms with E-state index in [0.717, 1.165) is 12.1 Å². The Bertz CT molecular complexity index is 1340. The number of ether oxygens (including phenoxy) is 1. The maximum Gasteiger partial charge on any atom is 1.00 e. The number of hydrogen-bond acceptors (Lipinski definition) is 4. The van der Waals surface area contributed by atoms with Crippen LogP contribution in [0.25, 0.3) is 10.9 Å². The van der Waals surface area contributed by atoms with Crippen LogP contribution in [0.5, 0.6) is 5.75 Å². The van der Waals surface area contributed by atoms with Gasteiger partial charge in [0.15, 0.2) is 0 Å². The minimum absolute atomic E-state index is 0. The monoisotopic (exact) mass is 477 g/mol. The van der Waals surface area contributed by atoms with E-state index in [0.29, 0.717) is 27.8 Å². The molecule has 0 saturated heterocycles. The number of carboxylic acid groups (broad SMARTS) is 1. The first-order valence-corrected chi connectivity index (χ1v) is 10.2. The summed E-state index contributed by atoms with van der Waals surface area (Å²) >= 11 is 0. The number of carboxylic acids is 1. The van der Waals surface area contributed by atoms with Gasteiger partial charge in [-0.15, -0.1) is 0 Å². The van der Waals surface area contributed by atoms with E-state index in [2.05, 4.69) is 0 Å². The number of hydrogen-bond donors (Lipinski definition) is 1. The molecule has 0 fully saturated rings. The molecule has 1 aromatic heterocycles. The second kappa shape index (κ2) is 11.1. The zero-order valence-corrected chi connectivity index (χ0v) is 20.4. The van der Waals surface area contributed by atoms with E-state index in [1.54, 1.807) is 22.9 Å². The van der Waals surface area contributed by atoms with E-state index in [4.69, 9.17) is 4.74 Å². The van der Waals surface area contributed by atoms with Crippen molar-refractivity contribution in [1.29, 1.82) is 0 Å². The number of benzene rings is 3. The van der Waals surface area contributed by atoms with E-state index >= 15 is 0 Å². The first-order chi connectivity index (χ1) is 15.9. The summed E-state index contributed by atoms with van der Waals surface area (Å²) in [7, 11) is 0. The van der Waals surface area contributed by atoms with E-state index in [1.165, 1.54) is 30.3 Å². The first kappa shape index (κ1) is 25.8. The number of aliphatic hydroxyl groups excluding tert-OH is 1. The van der Waals surface area contributed by atoms with Gasteiger partial charge >= 0.3 is 29.6 Å². The third-order valence-electron chi connectivity index (χ3n) is 5.35. The molecule has 4 rings (SSSR count). The molecule has 0 unspecified atom stereocenters. The molecule has 170 valence electrons. The Kier molecular flexibility index (Phi) is 8.43. The SMILES string of the molecule is O=C([O-])c1cccc2c1c(CCO)cn2Cc1cc(F)ccc1OCc1ccc(F)cc1F.[Na+]. The van der Waals surface area contributed by atoms with Crippen LogP contribution < -0.4 is 39.4 Å². The normalized spacial score (nSPS) is 10.8. The standard InChI is InChI=1S/C25H20F3NO4.Na/c26-18-6-7-23(33-14-16-4-5-19(27)11-21(16)28)17(10-18)13-29-12-15(8-9-30)24-20(25(31)32)2-1-3-22(24)29;/h1-7,10-12,30H,8-9,13-14H2,(H,31,32);/q;+1/p-1. The van der Waals surface area contributed by atoms with Crippen molar-refractivity contribution in [2.24, 2.45) is 0 Å². The van der Waals surface area contributed by atoms with E-state index in [-0.39, 0.29) is 66.9 Å². The Hall–Kier alpha value is -2.78. The molecule has 3 aromatic carbocycles. The third kappa shape index (κ3) is 5.47. The number of halogens is 3. The molecule has 5 nitrogen and oxygen atoms in total. The van der Waals surface area contributed by atoms with Crippen LogP contribution in [0, 0.1) is 17.5 Å². The van der Waals surface area contributed by atoms with Crippen LogP contribution in [0.4, 0.5) is 13.2 Å². The predicted octanol–water partition coefficient (Wildman–Crippen LogP) is 0.588.